The highest BCUT2D eigenvalue weighted by Crippen LogP contribution is 2.10. The minimum Gasteiger partial charge on any atom is -0.476 e. The standard InChI is InChI=1S/C14H14N2O3S/c1-9-4-2-3-5-10(9)13(17)15-7-6-12-16-11(8-20-12)14(18)19/h2-5,8H,6-7H2,1H3,(H,15,17)(H,18,19). The normalized spacial score (nSPS) is 10.2. The summed E-state index contributed by atoms with van der Waals surface area (Å²) in [5.41, 5.74) is 1.63. The molecule has 0 aliphatic rings. The van der Waals surface area contributed by atoms with Crippen molar-refractivity contribution < 1.29 is 14.7 Å². The summed E-state index contributed by atoms with van der Waals surface area (Å²) in [5, 5.41) is 13.8. The zero-order valence-corrected chi connectivity index (χ0v) is 11.7. The Labute approximate surface area is 120 Å². The molecule has 0 aliphatic carbocycles. The van der Waals surface area contributed by atoms with Gasteiger partial charge in [-0.2, -0.15) is 0 Å². The number of nitrogens with one attached hydrogen (secondary N) is 1. The summed E-state index contributed by atoms with van der Waals surface area (Å²) >= 11 is 1.29. The number of carbonyl (C=O) groups excluding carboxylic acids is 1. The number of rotatable bonds is 5. The van der Waals surface area contributed by atoms with Crippen LogP contribution in [0.5, 0.6) is 0 Å². The highest BCUT2D eigenvalue weighted by Gasteiger charge is 2.10. The Morgan fingerprint density at radius 2 is 2.10 bits per heavy atom. The van der Waals surface area contributed by atoms with Crippen molar-refractivity contribution in [2.45, 2.75) is 13.3 Å². The fourth-order valence-electron chi connectivity index (χ4n) is 1.73. The molecule has 0 atom stereocenters. The molecule has 0 bridgehead atoms. The fraction of sp³-hybridized carbons (Fsp3) is 0.214. The number of hydrogen-bond donors (Lipinski definition) is 2. The van der Waals surface area contributed by atoms with E-state index in [2.05, 4.69) is 10.3 Å². The van der Waals surface area contributed by atoms with E-state index in [9.17, 15) is 9.59 Å². The summed E-state index contributed by atoms with van der Waals surface area (Å²) in [6.45, 7) is 2.31. The number of carboxylic acids is 1. The number of amides is 1. The van der Waals surface area contributed by atoms with Gasteiger partial charge >= 0.3 is 5.97 Å². The Morgan fingerprint density at radius 1 is 1.35 bits per heavy atom. The van der Waals surface area contributed by atoms with Crippen molar-refractivity contribution in [1.29, 1.82) is 0 Å². The minimum absolute atomic E-state index is 0.0511. The van der Waals surface area contributed by atoms with Gasteiger partial charge in [-0.15, -0.1) is 11.3 Å². The van der Waals surface area contributed by atoms with Crippen molar-refractivity contribution >= 4 is 23.2 Å². The van der Waals surface area contributed by atoms with Gasteiger partial charge in [-0.25, -0.2) is 9.78 Å². The van der Waals surface area contributed by atoms with Gasteiger partial charge in [0.05, 0.1) is 5.01 Å². The summed E-state index contributed by atoms with van der Waals surface area (Å²) in [6.07, 6.45) is 0.523. The van der Waals surface area contributed by atoms with Crippen molar-refractivity contribution in [3.8, 4) is 0 Å². The molecule has 6 heteroatoms. The third-order valence-corrected chi connectivity index (χ3v) is 3.69. The zero-order valence-electron chi connectivity index (χ0n) is 10.9. The minimum atomic E-state index is -1.03. The molecule has 1 aromatic heterocycles. The molecule has 0 saturated carbocycles. The van der Waals surface area contributed by atoms with Crippen LogP contribution >= 0.6 is 11.3 Å². The number of carbonyl (C=O) groups is 2. The average Bonchev–Trinajstić information content (AvgIpc) is 2.88. The third-order valence-electron chi connectivity index (χ3n) is 2.78. The number of aromatic carboxylic acids is 1. The van der Waals surface area contributed by atoms with E-state index < -0.39 is 5.97 Å². The largest absolute Gasteiger partial charge is 0.476 e. The van der Waals surface area contributed by atoms with E-state index >= 15 is 0 Å². The SMILES string of the molecule is Cc1ccccc1C(=O)NCCc1nc(C(=O)O)cs1. The van der Waals surface area contributed by atoms with Crippen molar-refractivity contribution in [2.24, 2.45) is 0 Å². The lowest BCUT2D eigenvalue weighted by Gasteiger charge is -2.06. The predicted molar refractivity (Wildman–Crippen MR) is 76.3 cm³/mol. The van der Waals surface area contributed by atoms with Gasteiger partial charge in [0, 0.05) is 23.9 Å². The molecule has 20 heavy (non-hydrogen) atoms. The second-order valence-corrected chi connectivity index (χ2v) is 5.20. The Bertz CT molecular complexity index is 637. The molecule has 2 rings (SSSR count). The smallest absolute Gasteiger partial charge is 0.355 e. The van der Waals surface area contributed by atoms with Crippen molar-refractivity contribution in [3.05, 3.63) is 51.5 Å². The van der Waals surface area contributed by atoms with Gasteiger partial charge in [0.15, 0.2) is 5.69 Å². The lowest BCUT2D eigenvalue weighted by atomic mass is 10.1. The van der Waals surface area contributed by atoms with E-state index in [1.54, 1.807) is 6.07 Å². The third kappa shape index (κ3) is 3.42. The molecule has 5 nitrogen and oxygen atoms in total. The van der Waals surface area contributed by atoms with Crippen molar-refractivity contribution in [1.82, 2.24) is 10.3 Å². The Morgan fingerprint density at radius 3 is 2.75 bits per heavy atom. The van der Waals surface area contributed by atoms with Crippen LogP contribution in [0.1, 0.15) is 31.4 Å². The number of aryl methyl sites for hydroxylation is 1. The quantitative estimate of drug-likeness (QED) is 0.884. The van der Waals surface area contributed by atoms with E-state index in [0.29, 0.717) is 23.5 Å². The van der Waals surface area contributed by atoms with E-state index in [4.69, 9.17) is 5.11 Å². The van der Waals surface area contributed by atoms with E-state index in [1.807, 2.05) is 25.1 Å². The number of carboxylic acid groups (broad SMARTS) is 1. The predicted octanol–water partition coefficient (Wildman–Crippen LogP) is 2.12. The molecule has 1 aromatic carbocycles. The maximum atomic E-state index is 11.9. The van der Waals surface area contributed by atoms with Crippen LogP contribution in [0.15, 0.2) is 29.6 Å². The molecule has 1 amide bonds. The molecule has 0 saturated heterocycles. The maximum Gasteiger partial charge on any atom is 0.355 e. The van der Waals surface area contributed by atoms with E-state index in [-0.39, 0.29) is 11.6 Å². The van der Waals surface area contributed by atoms with Gasteiger partial charge < -0.3 is 10.4 Å². The summed E-state index contributed by atoms with van der Waals surface area (Å²) < 4.78 is 0. The fourth-order valence-corrected chi connectivity index (χ4v) is 2.50. The molecular weight excluding hydrogens is 276 g/mol. The number of hydrogen-bond acceptors (Lipinski definition) is 4. The van der Waals surface area contributed by atoms with Gasteiger partial charge in [-0.1, -0.05) is 18.2 Å². The van der Waals surface area contributed by atoms with Crippen molar-refractivity contribution in [2.75, 3.05) is 6.54 Å². The van der Waals surface area contributed by atoms with Crippen LogP contribution in [0.4, 0.5) is 0 Å². The molecular formula is C14H14N2O3S. The molecule has 104 valence electrons. The van der Waals surface area contributed by atoms with Gasteiger partial charge in [0.2, 0.25) is 0 Å². The van der Waals surface area contributed by atoms with Crippen molar-refractivity contribution in [3.63, 3.8) is 0 Å². The molecule has 1 heterocycles. The van der Waals surface area contributed by atoms with Gasteiger partial charge in [0.25, 0.3) is 5.91 Å². The van der Waals surface area contributed by atoms with E-state index in [1.165, 1.54) is 16.7 Å². The van der Waals surface area contributed by atoms with Crippen LogP contribution in [-0.4, -0.2) is 28.5 Å². The van der Waals surface area contributed by atoms with Crippen LogP contribution in [0.2, 0.25) is 0 Å². The Kier molecular flexibility index (Phi) is 4.47. The zero-order chi connectivity index (χ0) is 14.5. The molecule has 2 aromatic rings. The molecule has 0 unspecified atom stereocenters. The molecule has 2 N–H and O–H groups in total. The first kappa shape index (κ1) is 14.2. The van der Waals surface area contributed by atoms with Crippen LogP contribution in [0.25, 0.3) is 0 Å². The average molecular weight is 290 g/mol. The lowest BCUT2D eigenvalue weighted by molar-refractivity contribution is 0.0690. The van der Waals surface area contributed by atoms with Crippen LogP contribution < -0.4 is 5.32 Å². The molecule has 0 fully saturated rings. The molecule has 0 spiro atoms. The molecule has 0 radical (unpaired) electrons. The second-order valence-electron chi connectivity index (χ2n) is 4.25. The Balaban J connectivity index is 1.88. The lowest BCUT2D eigenvalue weighted by Crippen LogP contribution is -2.26. The molecule has 0 aliphatic heterocycles. The number of thiazole rings is 1. The second kappa shape index (κ2) is 6.29. The number of nitrogens with zero attached hydrogens (tertiary/aromatic N) is 1. The monoisotopic (exact) mass is 290 g/mol. The first-order chi connectivity index (χ1) is 9.58. The summed E-state index contributed by atoms with van der Waals surface area (Å²) in [6, 6.07) is 7.36. The Hall–Kier alpha value is -2.21. The van der Waals surface area contributed by atoms with Gasteiger partial charge in [-0.05, 0) is 18.6 Å². The highest BCUT2D eigenvalue weighted by molar-refractivity contribution is 7.09. The summed E-state index contributed by atoms with van der Waals surface area (Å²) in [4.78, 5) is 26.6. The van der Waals surface area contributed by atoms with E-state index in [0.717, 1.165) is 5.56 Å². The first-order valence-electron chi connectivity index (χ1n) is 6.09. The number of benzene rings is 1. The van der Waals surface area contributed by atoms with Gasteiger partial charge in [-0.3, -0.25) is 4.79 Å². The number of aromatic nitrogens is 1. The topological polar surface area (TPSA) is 79.3 Å². The highest BCUT2D eigenvalue weighted by atomic mass is 32.1. The summed E-state index contributed by atoms with van der Waals surface area (Å²) in [7, 11) is 0. The first-order valence-corrected chi connectivity index (χ1v) is 6.97. The summed E-state index contributed by atoms with van der Waals surface area (Å²) in [5.74, 6) is -1.16. The van der Waals surface area contributed by atoms with Crippen LogP contribution in [-0.2, 0) is 6.42 Å². The maximum absolute atomic E-state index is 11.9. The van der Waals surface area contributed by atoms with Crippen LogP contribution in [0, 0.1) is 6.92 Å². The van der Waals surface area contributed by atoms with Gasteiger partial charge in [0.1, 0.15) is 0 Å². The van der Waals surface area contributed by atoms with Crippen LogP contribution in [0.3, 0.4) is 0 Å².